The van der Waals surface area contributed by atoms with E-state index >= 15 is 0 Å². The average Bonchev–Trinajstić information content (AvgIpc) is 3.24. The minimum absolute atomic E-state index is 0.0816. The van der Waals surface area contributed by atoms with Gasteiger partial charge in [-0.25, -0.2) is 15.0 Å². The van der Waals surface area contributed by atoms with Gasteiger partial charge in [-0.1, -0.05) is 78.1 Å². The summed E-state index contributed by atoms with van der Waals surface area (Å²) in [5.74, 6) is 0.204. The molecule has 2 N–H and O–H groups in total. The second kappa shape index (κ2) is 9.24. The number of rotatable bonds is 7. The molecule has 0 radical (unpaired) electrons. The first kappa shape index (κ1) is 21.5. The number of hydrogen-bond acceptors (Lipinski definition) is 8. The monoisotopic (exact) mass is 468 g/mol. The van der Waals surface area contributed by atoms with E-state index in [1.165, 1.54) is 17.7 Å². The highest BCUT2D eigenvalue weighted by Gasteiger charge is 2.27. The molecule has 2 heterocycles. The Kier molecular flexibility index (Phi) is 5.84. The van der Waals surface area contributed by atoms with Crippen molar-refractivity contribution in [1.29, 1.82) is 0 Å². The van der Waals surface area contributed by atoms with Gasteiger partial charge < -0.3 is 10.6 Å². The maximum Gasteiger partial charge on any atom is 0.353 e. The lowest BCUT2D eigenvalue weighted by Gasteiger charge is -2.20. The van der Waals surface area contributed by atoms with Crippen molar-refractivity contribution in [2.75, 3.05) is 10.6 Å². The molecule has 5 aromatic rings. The fourth-order valence-electron chi connectivity index (χ4n) is 3.72. The summed E-state index contributed by atoms with van der Waals surface area (Å²) in [6.07, 6.45) is 1.31. The normalized spacial score (nSPS) is 11.0. The zero-order chi connectivity index (χ0) is 23.5. The van der Waals surface area contributed by atoms with Crippen molar-refractivity contribution in [3.05, 3.63) is 112 Å². The van der Waals surface area contributed by atoms with Crippen LogP contribution < -0.4 is 10.6 Å². The van der Waals surface area contributed by atoms with Crippen molar-refractivity contribution >= 4 is 44.0 Å². The third-order valence-corrected chi connectivity index (χ3v) is 6.25. The van der Waals surface area contributed by atoms with Gasteiger partial charge in [-0.05, 0) is 35.7 Å². The van der Waals surface area contributed by atoms with E-state index in [0.717, 1.165) is 26.9 Å². The van der Waals surface area contributed by atoms with Crippen LogP contribution in [0.3, 0.4) is 0 Å². The average molecular weight is 469 g/mol. The van der Waals surface area contributed by atoms with Crippen LogP contribution in [-0.2, 0) is 0 Å². The Morgan fingerprint density at radius 2 is 1.56 bits per heavy atom. The molecule has 34 heavy (non-hydrogen) atoms. The van der Waals surface area contributed by atoms with Crippen LogP contribution in [0.25, 0.3) is 10.2 Å². The minimum Gasteiger partial charge on any atom is -0.353 e. The van der Waals surface area contributed by atoms with E-state index in [9.17, 15) is 10.1 Å². The SMILES string of the molecule is Cc1ccc2nc(Nc3ncnc(NC(c4ccccc4)c4ccccc4)c3[N+](=O)[O-])sc2c1. The zero-order valence-electron chi connectivity index (χ0n) is 18.2. The van der Waals surface area contributed by atoms with Crippen LogP contribution in [0, 0.1) is 17.0 Å². The Balaban J connectivity index is 1.53. The van der Waals surface area contributed by atoms with E-state index in [0.29, 0.717) is 5.13 Å². The van der Waals surface area contributed by atoms with E-state index in [2.05, 4.69) is 25.6 Å². The van der Waals surface area contributed by atoms with Gasteiger partial charge in [-0.3, -0.25) is 10.1 Å². The highest BCUT2D eigenvalue weighted by Crippen LogP contribution is 2.36. The second-order valence-corrected chi connectivity index (χ2v) is 8.72. The van der Waals surface area contributed by atoms with Crippen LogP contribution >= 0.6 is 11.3 Å². The Morgan fingerprint density at radius 1 is 0.912 bits per heavy atom. The highest BCUT2D eigenvalue weighted by molar-refractivity contribution is 7.22. The predicted octanol–water partition coefficient (Wildman–Crippen LogP) is 6.25. The van der Waals surface area contributed by atoms with E-state index in [1.54, 1.807) is 0 Å². The van der Waals surface area contributed by atoms with Gasteiger partial charge in [0, 0.05) is 0 Å². The molecule has 8 nitrogen and oxygen atoms in total. The molecule has 0 spiro atoms. The summed E-state index contributed by atoms with van der Waals surface area (Å²) in [4.78, 5) is 24.6. The summed E-state index contributed by atoms with van der Waals surface area (Å²) in [6, 6.07) is 25.1. The van der Waals surface area contributed by atoms with Gasteiger partial charge in [-0.2, -0.15) is 0 Å². The summed E-state index contributed by atoms with van der Waals surface area (Å²) in [5, 5.41) is 19.0. The van der Waals surface area contributed by atoms with Crippen molar-refractivity contribution in [3.8, 4) is 0 Å². The molecule has 2 aromatic heterocycles. The van der Waals surface area contributed by atoms with Crippen molar-refractivity contribution in [3.63, 3.8) is 0 Å². The quantitative estimate of drug-likeness (QED) is 0.215. The molecular weight excluding hydrogens is 448 g/mol. The summed E-state index contributed by atoms with van der Waals surface area (Å²) in [7, 11) is 0. The predicted molar refractivity (Wildman–Crippen MR) is 135 cm³/mol. The van der Waals surface area contributed by atoms with Crippen LogP contribution in [0.2, 0.25) is 0 Å². The third-order valence-electron chi connectivity index (χ3n) is 5.32. The summed E-state index contributed by atoms with van der Waals surface area (Å²) >= 11 is 1.41. The molecule has 0 unspecified atom stereocenters. The van der Waals surface area contributed by atoms with Gasteiger partial charge in [0.2, 0.25) is 11.6 Å². The van der Waals surface area contributed by atoms with Crippen LogP contribution in [0.5, 0.6) is 0 Å². The number of fused-ring (bicyclic) bond motifs is 1. The van der Waals surface area contributed by atoms with Gasteiger partial charge >= 0.3 is 5.69 Å². The molecule has 0 aliphatic carbocycles. The third kappa shape index (κ3) is 4.41. The number of benzene rings is 3. The van der Waals surface area contributed by atoms with Crippen LogP contribution in [0.4, 0.5) is 22.5 Å². The number of hydrogen-bond donors (Lipinski definition) is 2. The van der Waals surface area contributed by atoms with Gasteiger partial charge in [0.05, 0.1) is 21.2 Å². The zero-order valence-corrected chi connectivity index (χ0v) is 19.0. The molecule has 0 atom stereocenters. The van der Waals surface area contributed by atoms with Crippen LogP contribution in [0.15, 0.2) is 85.2 Å². The standard InChI is InChI=1S/C25H20N6O2S/c1-16-12-13-19-20(14-16)34-25(28-19)30-24-22(31(32)33)23(26-15-27-24)29-21(17-8-4-2-5-9-17)18-10-6-3-7-11-18/h2-15,21H,1H3,(H2,26,27,28,29,30). The molecule has 0 bridgehead atoms. The van der Waals surface area contributed by atoms with Gasteiger partial charge in [0.25, 0.3) is 0 Å². The van der Waals surface area contributed by atoms with Gasteiger partial charge in [0.1, 0.15) is 6.33 Å². The summed E-state index contributed by atoms with van der Waals surface area (Å²) < 4.78 is 0.991. The van der Waals surface area contributed by atoms with E-state index in [4.69, 9.17) is 0 Å². The lowest BCUT2D eigenvalue weighted by Crippen LogP contribution is -2.15. The summed E-state index contributed by atoms with van der Waals surface area (Å²) in [6.45, 7) is 2.01. The number of aryl methyl sites for hydroxylation is 1. The Bertz CT molecular complexity index is 1420. The number of aromatic nitrogens is 3. The molecule has 5 rings (SSSR count). The maximum atomic E-state index is 12.1. The molecule has 0 saturated heterocycles. The first-order chi connectivity index (χ1) is 16.6. The number of nitro groups is 1. The van der Waals surface area contributed by atoms with Gasteiger partial charge in [0.15, 0.2) is 5.13 Å². The number of nitrogens with zero attached hydrogens (tertiary/aromatic N) is 4. The molecule has 0 aliphatic rings. The van der Waals surface area contributed by atoms with Crippen molar-refractivity contribution < 1.29 is 4.92 Å². The smallest absolute Gasteiger partial charge is 0.353 e. The van der Waals surface area contributed by atoms with Crippen LogP contribution in [0.1, 0.15) is 22.7 Å². The largest absolute Gasteiger partial charge is 0.353 e. The topological polar surface area (TPSA) is 106 Å². The molecule has 168 valence electrons. The van der Waals surface area contributed by atoms with Crippen LogP contribution in [-0.4, -0.2) is 19.9 Å². The van der Waals surface area contributed by atoms with Crippen molar-refractivity contribution in [2.24, 2.45) is 0 Å². The molecule has 3 aromatic carbocycles. The first-order valence-corrected chi connectivity index (χ1v) is 11.4. The van der Waals surface area contributed by atoms with Gasteiger partial charge in [-0.15, -0.1) is 0 Å². The number of anilines is 3. The number of nitrogens with one attached hydrogen (secondary N) is 2. The molecule has 0 aliphatic heterocycles. The second-order valence-electron chi connectivity index (χ2n) is 7.69. The maximum absolute atomic E-state index is 12.1. The van der Waals surface area contributed by atoms with Crippen molar-refractivity contribution in [1.82, 2.24) is 15.0 Å². The lowest BCUT2D eigenvalue weighted by atomic mass is 9.99. The van der Waals surface area contributed by atoms with E-state index in [1.807, 2.05) is 85.8 Å². The molecular formula is C25H20N6O2S. The Hall–Kier alpha value is -4.37. The molecule has 0 saturated carbocycles. The highest BCUT2D eigenvalue weighted by atomic mass is 32.1. The lowest BCUT2D eigenvalue weighted by molar-refractivity contribution is -0.383. The van der Waals surface area contributed by atoms with Crippen molar-refractivity contribution in [2.45, 2.75) is 13.0 Å². The number of thiazole rings is 1. The fourth-order valence-corrected chi connectivity index (χ4v) is 4.69. The first-order valence-electron chi connectivity index (χ1n) is 10.6. The Morgan fingerprint density at radius 3 is 2.21 bits per heavy atom. The molecule has 9 heteroatoms. The fraction of sp³-hybridized carbons (Fsp3) is 0.0800. The summed E-state index contributed by atoms with van der Waals surface area (Å²) in [5.41, 5.74) is 3.61. The minimum atomic E-state index is -0.477. The van der Waals surface area contributed by atoms with E-state index < -0.39 is 4.92 Å². The molecule has 0 fully saturated rings. The van der Waals surface area contributed by atoms with E-state index in [-0.39, 0.29) is 23.4 Å². The Labute approximate surface area is 199 Å². The molecule has 0 amide bonds.